The normalized spacial score (nSPS) is 18.5. The van der Waals surface area contributed by atoms with Gasteiger partial charge in [-0.1, -0.05) is 0 Å². The van der Waals surface area contributed by atoms with Crippen molar-refractivity contribution in [3.05, 3.63) is 53.6 Å². The van der Waals surface area contributed by atoms with Crippen molar-refractivity contribution >= 4 is 23.5 Å². The minimum atomic E-state index is -0.267. The number of carbonyl (C=O) groups is 3. The number of aromatic nitrogens is 2. The maximum atomic E-state index is 12.8. The Bertz CT molecular complexity index is 1100. The number of amides is 3. The molecule has 5 rings (SSSR count). The first-order valence-corrected chi connectivity index (χ1v) is 10.6. The lowest BCUT2D eigenvalue weighted by Crippen LogP contribution is -2.40. The van der Waals surface area contributed by atoms with Gasteiger partial charge in [-0.15, -0.1) is 0 Å². The average Bonchev–Trinajstić information content (AvgIpc) is 3.56. The van der Waals surface area contributed by atoms with Crippen molar-refractivity contribution in [1.29, 1.82) is 0 Å². The summed E-state index contributed by atoms with van der Waals surface area (Å²) >= 11 is 0. The number of rotatable bonds is 5. The number of hydrogen-bond acceptors (Lipinski definition) is 6. The van der Waals surface area contributed by atoms with Crippen molar-refractivity contribution in [1.82, 2.24) is 19.8 Å². The van der Waals surface area contributed by atoms with Crippen molar-refractivity contribution in [3.63, 3.8) is 0 Å². The monoisotopic (exact) mass is 417 g/mol. The van der Waals surface area contributed by atoms with Gasteiger partial charge >= 0.3 is 0 Å². The van der Waals surface area contributed by atoms with Crippen molar-refractivity contribution in [3.8, 4) is 11.1 Å². The van der Waals surface area contributed by atoms with E-state index in [4.69, 9.17) is 0 Å². The van der Waals surface area contributed by atoms with Crippen LogP contribution in [0.15, 0.2) is 48.1 Å². The lowest BCUT2D eigenvalue weighted by atomic mass is 10.0. The molecule has 1 fully saturated rings. The number of nitrogens with one attached hydrogen (secondary N) is 1. The minimum absolute atomic E-state index is 0.0154. The van der Waals surface area contributed by atoms with E-state index in [0.717, 1.165) is 36.0 Å². The summed E-state index contributed by atoms with van der Waals surface area (Å²) in [6.45, 7) is 2.60. The van der Waals surface area contributed by atoms with Crippen molar-refractivity contribution < 1.29 is 14.4 Å². The van der Waals surface area contributed by atoms with Crippen LogP contribution in [0.25, 0.3) is 11.1 Å². The molecule has 4 heterocycles. The molecule has 0 atom stereocenters. The van der Waals surface area contributed by atoms with Gasteiger partial charge in [-0.2, -0.15) is 0 Å². The molecule has 3 amide bonds. The van der Waals surface area contributed by atoms with Crippen LogP contribution in [0, 0.1) is 6.92 Å². The Morgan fingerprint density at radius 2 is 2.00 bits per heavy atom. The number of carbonyl (C=O) groups excluding carboxylic acids is 3. The summed E-state index contributed by atoms with van der Waals surface area (Å²) in [5.74, 6) is -0.244. The van der Waals surface area contributed by atoms with Gasteiger partial charge < -0.3 is 10.2 Å². The molecular weight excluding hydrogens is 394 g/mol. The first-order chi connectivity index (χ1) is 15.0. The third-order valence-electron chi connectivity index (χ3n) is 5.98. The Hall–Kier alpha value is -3.55. The summed E-state index contributed by atoms with van der Waals surface area (Å²) < 4.78 is 0. The molecule has 0 spiro atoms. The highest BCUT2D eigenvalue weighted by atomic mass is 16.2. The molecule has 31 heavy (non-hydrogen) atoms. The van der Waals surface area contributed by atoms with Crippen LogP contribution in [0.4, 0.5) is 5.82 Å². The molecule has 1 N–H and O–H groups in total. The number of imide groups is 1. The molecule has 0 aromatic carbocycles. The van der Waals surface area contributed by atoms with E-state index in [9.17, 15) is 14.4 Å². The molecule has 2 aromatic rings. The van der Waals surface area contributed by atoms with Crippen molar-refractivity contribution in [2.24, 2.45) is 0 Å². The van der Waals surface area contributed by atoms with Gasteiger partial charge in [0.15, 0.2) is 0 Å². The SMILES string of the molecule is Cc1ccncc1-c1ccc(NC(=O)CN2CCCC3=C2C(=O)N(C2CC2)C3=O)nc1. The van der Waals surface area contributed by atoms with Gasteiger partial charge in [-0.25, -0.2) is 4.98 Å². The maximum absolute atomic E-state index is 12.8. The largest absolute Gasteiger partial charge is 0.357 e. The van der Waals surface area contributed by atoms with Gasteiger partial charge in [0.1, 0.15) is 11.5 Å². The van der Waals surface area contributed by atoms with Crippen LogP contribution in [0.1, 0.15) is 31.2 Å². The summed E-state index contributed by atoms with van der Waals surface area (Å²) in [6, 6.07) is 5.61. The fourth-order valence-corrected chi connectivity index (χ4v) is 4.26. The van der Waals surface area contributed by atoms with Gasteiger partial charge in [0, 0.05) is 47.9 Å². The number of hydrogen-bond donors (Lipinski definition) is 1. The summed E-state index contributed by atoms with van der Waals surface area (Å²) in [6.07, 6.45) is 8.33. The van der Waals surface area contributed by atoms with E-state index in [2.05, 4.69) is 15.3 Å². The number of aryl methyl sites for hydroxylation is 1. The van der Waals surface area contributed by atoms with E-state index in [1.165, 1.54) is 4.90 Å². The number of pyridine rings is 2. The Balaban J connectivity index is 1.27. The predicted octanol–water partition coefficient (Wildman–Crippen LogP) is 2.27. The molecule has 1 saturated carbocycles. The minimum Gasteiger partial charge on any atom is -0.357 e. The third kappa shape index (κ3) is 3.58. The Morgan fingerprint density at radius 1 is 1.16 bits per heavy atom. The molecule has 3 aliphatic rings. The van der Waals surface area contributed by atoms with Gasteiger partial charge in [-0.05, 0) is 56.4 Å². The lowest BCUT2D eigenvalue weighted by molar-refractivity contribution is -0.138. The van der Waals surface area contributed by atoms with Crippen LogP contribution in [-0.2, 0) is 14.4 Å². The maximum Gasteiger partial charge on any atom is 0.277 e. The van der Waals surface area contributed by atoms with E-state index in [1.807, 2.05) is 19.1 Å². The molecule has 0 radical (unpaired) electrons. The summed E-state index contributed by atoms with van der Waals surface area (Å²) in [7, 11) is 0. The van der Waals surface area contributed by atoms with E-state index in [-0.39, 0.29) is 30.3 Å². The van der Waals surface area contributed by atoms with E-state index >= 15 is 0 Å². The molecular formula is C23H23N5O3. The Kier molecular flexibility index (Phi) is 4.77. The topological polar surface area (TPSA) is 95.5 Å². The molecule has 0 unspecified atom stereocenters. The Labute approximate surface area is 180 Å². The summed E-state index contributed by atoms with van der Waals surface area (Å²) in [5.41, 5.74) is 3.98. The molecule has 1 aliphatic carbocycles. The standard InChI is InChI=1S/C23H23N5O3/c1-14-8-9-24-12-18(14)15-4-7-19(25-11-15)26-20(29)13-27-10-2-3-17-21(27)23(31)28(22(17)30)16-5-6-16/h4,7-9,11-12,16H,2-3,5-6,10,13H2,1H3,(H,25,26,29). The Morgan fingerprint density at radius 3 is 2.71 bits per heavy atom. The predicted molar refractivity (Wildman–Crippen MR) is 114 cm³/mol. The van der Waals surface area contributed by atoms with Crippen molar-refractivity contribution in [2.45, 2.75) is 38.6 Å². The molecule has 8 nitrogen and oxygen atoms in total. The van der Waals surface area contributed by atoms with Crippen molar-refractivity contribution in [2.75, 3.05) is 18.4 Å². The second-order valence-corrected chi connectivity index (χ2v) is 8.23. The quantitative estimate of drug-likeness (QED) is 0.750. The van der Waals surface area contributed by atoms with E-state index in [1.54, 1.807) is 29.6 Å². The van der Waals surface area contributed by atoms with E-state index < -0.39 is 0 Å². The molecule has 0 bridgehead atoms. The zero-order valence-electron chi connectivity index (χ0n) is 17.3. The second kappa shape index (κ2) is 7.61. The van der Waals surface area contributed by atoms with Crippen LogP contribution >= 0.6 is 0 Å². The first kappa shape index (κ1) is 19.4. The fourth-order valence-electron chi connectivity index (χ4n) is 4.26. The number of anilines is 1. The fraction of sp³-hybridized carbons (Fsp3) is 0.348. The zero-order chi connectivity index (χ0) is 21.5. The molecule has 8 heteroatoms. The lowest BCUT2D eigenvalue weighted by Gasteiger charge is -2.28. The highest BCUT2D eigenvalue weighted by molar-refractivity contribution is 6.19. The van der Waals surface area contributed by atoms with Gasteiger partial charge in [0.05, 0.1) is 6.54 Å². The summed E-state index contributed by atoms with van der Waals surface area (Å²) in [4.78, 5) is 49.8. The third-order valence-corrected chi connectivity index (χ3v) is 5.98. The molecule has 0 saturated heterocycles. The average molecular weight is 417 g/mol. The summed E-state index contributed by atoms with van der Waals surface area (Å²) in [5, 5.41) is 2.80. The van der Waals surface area contributed by atoms with Crippen LogP contribution in [-0.4, -0.2) is 56.6 Å². The van der Waals surface area contributed by atoms with Crippen LogP contribution in [0.3, 0.4) is 0 Å². The van der Waals surface area contributed by atoms with Gasteiger partial charge in [-0.3, -0.25) is 24.3 Å². The van der Waals surface area contributed by atoms with Crippen LogP contribution < -0.4 is 5.32 Å². The second-order valence-electron chi connectivity index (χ2n) is 8.23. The van der Waals surface area contributed by atoms with Gasteiger partial charge in [0.25, 0.3) is 11.8 Å². The zero-order valence-corrected chi connectivity index (χ0v) is 17.3. The molecule has 2 aromatic heterocycles. The van der Waals surface area contributed by atoms with Crippen LogP contribution in [0.5, 0.6) is 0 Å². The first-order valence-electron chi connectivity index (χ1n) is 10.6. The smallest absolute Gasteiger partial charge is 0.277 e. The van der Waals surface area contributed by atoms with E-state index in [0.29, 0.717) is 30.1 Å². The highest BCUT2D eigenvalue weighted by Gasteiger charge is 2.48. The molecule has 2 aliphatic heterocycles. The van der Waals surface area contributed by atoms with Crippen LogP contribution in [0.2, 0.25) is 0 Å². The highest BCUT2D eigenvalue weighted by Crippen LogP contribution is 2.38. The molecule has 158 valence electrons. The number of nitrogens with zero attached hydrogens (tertiary/aromatic N) is 4. The van der Waals surface area contributed by atoms with Gasteiger partial charge in [0.2, 0.25) is 5.91 Å².